The van der Waals surface area contributed by atoms with Crippen molar-refractivity contribution in [3.05, 3.63) is 30.0 Å². The van der Waals surface area contributed by atoms with Crippen molar-refractivity contribution in [2.24, 2.45) is 0 Å². The lowest BCUT2D eigenvalue weighted by atomic mass is 10.2. The molecule has 0 aliphatic rings. The predicted molar refractivity (Wildman–Crippen MR) is 59.6 cm³/mol. The van der Waals surface area contributed by atoms with Crippen LogP contribution in [-0.4, -0.2) is 22.8 Å². The van der Waals surface area contributed by atoms with Gasteiger partial charge in [0.25, 0.3) is 0 Å². The summed E-state index contributed by atoms with van der Waals surface area (Å²) in [5.41, 5.74) is 1.71. The van der Waals surface area contributed by atoms with Gasteiger partial charge in [-0.2, -0.15) is 5.10 Å². The summed E-state index contributed by atoms with van der Waals surface area (Å²) in [6.07, 6.45) is 1.71. The van der Waals surface area contributed by atoms with Crippen LogP contribution in [0.25, 0.3) is 10.9 Å². The number of hydrogen-bond donors (Lipinski definition) is 1. The van der Waals surface area contributed by atoms with Crippen LogP contribution in [0.1, 0.15) is 12.5 Å². The highest BCUT2D eigenvalue weighted by Gasteiger charge is 1.96. The van der Waals surface area contributed by atoms with Crippen LogP contribution in [0, 0.1) is 11.8 Å². The van der Waals surface area contributed by atoms with Crippen LogP contribution in [0.5, 0.6) is 0 Å². The number of esters is 1. The molecular weight excluding hydrogens is 204 g/mol. The van der Waals surface area contributed by atoms with Gasteiger partial charge in [-0.3, -0.25) is 5.10 Å². The largest absolute Gasteiger partial charge is 0.456 e. The van der Waals surface area contributed by atoms with E-state index in [1.807, 2.05) is 18.2 Å². The lowest BCUT2D eigenvalue weighted by Crippen LogP contribution is -1.99. The standard InChI is InChI=1S/C12H10N2O2/c1-2-16-12(15)6-4-9-3-5-11-10(7-9)8-13-14-11/h3,5,7-8H,2H2,1H3,(H,13,14). The third kappa shape index (κ3) is 2.20. The summed E-state index contributed by atoms with van der Waals surface area (Å²) in [4.78, 5) is 11.0. The van der Waals surface area contributed by atoms with Crippen LogP contribution in [0.3, 0.4) is 0 Å². The highest BCUT2D eigenvalue weighted by Crippen LogP contribution is 2.11. The maximum absolute atomic E-state index is 11.0. The van der Waals surface area contributed by atoms with Gasteiger partial charge in [0.1, 0.15) is 0 Å². The molecule has 0 aliphatic heterocycles. The molecule has 4 heteroatoms. The van der Waals surface area contributed by atoms with E-state index in [2.05, 4.69) is 22.0 Å². The molecule has 4 nitrogen and oxygen atoms in total. The van der Waals surface area contributed by atoms with Crippen molar-refractivity contribution < 1.29 is 9.53 Å². The topological polar surface area (TPSA) is 55.0 Å². The van der Waals surface area contributed by atoms with E-state index < -0.39 is 5.97 Å². The van der Waals surface area contributed by atoms with Crippen molar-refractivity contribution in [1.29, 1.82) is 0 Å². The Morgan fingerprint density at radius 3 is 3.25 bits per heavy atom. The van der Waals surface area contributed by atoms with Gasteiger partial charge in [-0.15, -0.1) is 0 Å². The number of aromatic amines is 1. The first-order chi connectivity index (χ1) is 7.79. The number of nitrogens with one attached hydrogen (secondary N) is 1. The lowest BCUT2D eigenvalue weighted by Gasteiger charge is -1.92. The molecule has 1 aromatic heterocycles. The van der Waals surface area contributed by atoms with Gasteiger partial charge in [0.2, 0.25) is 0 Å². The first-order valence-electron chi connectivity index (χ1n) is 4.91. The molecule has 0 saturated carbocycles. The van der Waals surface area contributed by atoms with Crippen LogP contribution in [-0.2, 0) is 9.53 Å². The Morgan fingerprint density at radius 2 is 2.44 bits per heavy atom. The highest BCUT2D eigenvalue weighted by molar-refractivity contribution is 5.89. The van der Waals surface area contributed by atoms with Gasteiger partial charge >= 0.3 is 5.97 Å². The van der Waals surface area contributed by atoms with Crippen LogP contribution >= 0.6 is 0 Å². The van der Waals surface area contributed by atoms with E-state index in [1.165, 1.54) is 0 Å². The van der Waals surface area contributed by atoms with Crippen LogP contribution in [0.2, 0.25) is 0 Å². The number of H-pyrrole nitrogens is 1. The molecule has 0 saturated heterocycles. The molecule has 1 aromatic carbocycles. The Labute approximate surface area is 92.6 Å². The van der Waals surface area contributed by atoms with Crippen molar-refractivity contribution in [3.8, 4) is 11.8 Å². The average molecular weight is 214 g/mol. The number of hydrogen-bond acceptors (Lipinski definition) is 3. The molecule has 2 rings (SSSR count). The van der Waals surface area contributed by atoms with Crippen molar-refractivity contribution in [2.45, 2.75) is 6.92 Å². The maximum Gasteiger partial charge on any atom is 0.384 e. The van der Waals surface area contributed by atoms with Gasteiger partial charge in [-0.25, -0.2) is 4.79 Å². The quantitative estimate of drug-likeness (QED) is 0.577. The molecule has 0 atom stereocenters. The Morgan fingerprint density at radius 1 is 1.56 bits per heavy atom. The number of rotatable bonds is 1. The number of benzene rings is 1. The van der Waals surface area contributed by atoms with Crippen molar-refractivity contribution in [3.63, 3.8) is 0 Å². The second-order valence-electron chi connectivity index (χ2n) is 3.14. The molecular formula is C12H10N2O2. The third-order valence-electron chi connectivity index (χ3n) is 2.02. The van der Waals surface area contributed by atoms with Crippen molar-refractivity contribution in [1.82, 2.24) is 10.2 Å². The second kappa shape index (κ2) is 4.49. The minimum atomic E-state index is -0.505. The molecule has 0 bridgehead atoms. The molecule has 80 valence electrons. The third-order valence-corrected chi connectivity index (χ3v) is 2.02. The fourth-order valence-corrected chi connectivity index (χ4v) is 1.31. The van der Waals surface area contributed by atoms with Crippen LogP contribution in [0.4, 0.5) is 0 Å². The minimum absolute atomic E-state index is 0.342. The fourth-order valence-electron chi connectivity index (χ4n) is 1.31. The first kappa shape index (κ1) is 10.2. The van der Waals surface area contributed by atoms with Gasteiger partial charge in [-0.05, 0) is 25.1 Å². The van der Waals surface area contributed by atoms with E-state index in [4.69, 9.17) is 4.74 Å². The van der Waals surface area contributed by atoms with Crippen LogP contribution in [0.15, 0.2) is 24.4 Å². The predicted octanol–water partition coefficient (Wildman–Crippen LogP) is 1.48. The first-order valence-corrected chi connectivity index (χ1v) is 4.91. The maximum atomic E-state index is 11.0. The molecule has 0 radical (unpaired) electrons. The summed E-state index contributed by atoms with van der Waals surface area (Å²) in [6.45, 7) is 2.09. The number of nitrogens with zero attached hydrogens (tertiary/aromatic N) is 1. The van der Waals surface area contributed by atoms with Crippen molar-refractivity contribution >= 4 is 16.9 Å². The molecule has 1 N–H and O–H groups in total. The van der Waals surface area contributed by atoms with E-state index in [-0.39, 0.29) is 0 Å². The van der Waals surface area contributed by atoms with Gasteiger partial charge < -0.3 is 4.74 Å². The van der Waals surface area contributed by atoms with Gasteiger partial charge in [0.15, 0.2) is 0 Å². The monoisotopic (exact) mass is 214 g/mol. The highest BCUT2D eigenvalue weighted by atomic mass is 16.5. The normalized spacial score (nSPS) is 9.56. The molecule has 16 heavy (non-hydrogen) atoms. The minimum Gasteiger partial charge on any atom is -0.456 e. The summed E-state index contributed by atoms with van der Waals surface area (Å²) in [5, 5.41) is 7.71. The smallest absolute Gasteiger partial charge is 0.384 e. The lowest BCUT2D eigenvalue weighted by molar-refractivity contribution is -0.136. The molecule has 1 heterocycles. The van der Waals surface area contributed by atoms with Gasteiger partial charge in [0.05, 0.1) is 18.3 Å². The van der Waals surface area contributed by atoms with E-state index in [0.29, 0.717) is 6.61 Å². The van der Waals surface area contributed by atoms with Gasteiger partial charge in [-0.1, -0.05) is 5.92 Å². The summed E-state index contributed by atoms with van der Waals surface area (Å²) < 4.78 is 4.71. The van der Waals surface area contributed by atoms with Crippen molar-refractivity contribution in [2.75, 3.05) is 6.61 Å². The Balaban J connectivity index is 2.23. The zero-order chi connectivity index (χ0) is 11.4. The number of ether oxygens (including phenoxy) is 1. The zero-order valence-corrected chi connectivity index (χ0v) is 8.78. The molecule has 0 spiro atoms. The summed E-state index contributed by atoms with van der Waals surface area (Å²) in [7, 11) is 0. The fraction of sp³-hybridized carbons (Fsp3) is 0.167. The van der Waals surface area contributed by atoms with Crippen LogP contribution < -0.4 is 0 Å². The van der Waals surface area contributed by atoms with E-state index in [0.717, 1.165) is 16.5 Å². The van der Waals surface area contributed by atoms with E-state index >= 15 is 0 Å². The molecule has 2 aromatic rings. The van der Waals surface area contributed by atoms with E-state index in [1.54, 1.807) is 13.1 Å². The molecule has 0 fully saturated rings. The Bertz CT molecular complexity index is 575. The molecule has 0 aliphatic carbocycles. The summed E-state index contributed by atoms with van der Waals surface area (Å²) in [6, 6.07) is 5.56. The Hall–Kier alpha value is -2.28. The number of aromatic nitrogens is 2. The average Bonchev–Trinajstić information content (AvgIpc) is 2.74. The number of fused-ring (bicyclic) bond motifs is 1. The second-order valence-corrected chi connectivity index (χ2v) is 3.14. The van der Waals surface area contributed by atoms with Gasteiger partial charge in [0, 0.05) is 16.9 Å². The number of carbonyl (C=O) groups is 1. The summed E-state index contributed by atoms with van der Waals surface area (Å²) >= 11 is 0. The Kier molecular flexibility index (Phi) is 2.88. The SMILES string of the molecule is CCOC(=O)C#Cc1ccc2[nH]ncc2c1. The zero-order valence-electron chi connectivity index (χ0n) is 8.78. The molecule has 0 amide bonds. The molecule has 0 unspecified atom stereocenters. The number of carbonyl (C=O) groups excluding carboxylic acids is 1. The van der Waals surface area contributed by atoms with E-state index in [9.17, 15) is 4.79 Å². The summed E-state index contributed by atoms with van der Waals surface area (Å²) in [5.74, 6) is 4.66.